The lowest BCUT2D eigenvalue weighted by atomic mass is 10.1. The summed E-state index contributed by atoms with van der Waals surface area (Å²) in [7, 11) is 0. The molecule has 118 valence electrons. The largest absolute Gasteiger partial charge is 0.417 e. The molecule has 0 fully saturated rings. The highest BCUT2D eigenvalue weighted by atomic mass is 35.5. The lowest BCUT2D eigenvalue weighted by Gasteiger charge is -2.12. The van der Waals surface area contributed by atoms with Crippen molar-refractivity contribution in [3.8, 4) is 6.07 Å². The predicted molar refractivity (Wildman–Crippen MR) is 75.3 cm³/mol. The van der Waals surface area contributed by atoms with Crippen molar-refractivity contribution in [3.05, 3.63) is 56.7 Å². The number of nitriles is 1. The van der Waals surface area contributed by atoms with Crippen molar-refractivity contribution in [2.75, 3.05) is 5.32 Å². The highest BCUT2D eigenvalue weighted by molar-refractivity contribution is 6.30. The highest BCUT2D eigenvalue weighted by Gasteiger charge is 2.35. The maximum atomic E-state index is 12.9. The number of benzene rings is 1. The first-order valence-electron chi connectivity index (χ1n) is 5.91. The molecule has 0 amide bonds. The maximum Gasteiger partial charge on any atom is 0.417 e. The van der Waals surface area contributed by atoms with Crippen molar-refractivity contribution < 1.29 is 18.1 Å². The Morgan fingerprint density at radius 1 is 1.35 bits per heavy atom. The van der Waals surface area contributed by atoms with E-state index in [1.807, 2.05) is 0 Å². The second kappa shape index (κ2) is 6.10. The van der Waals surface area contributed by atoms with Crippen LogP contribution in [0, 0.1) is 21.4 Å². The number of nitro groups is 1. The SMILES string of the molecule is N#Cc1c(C(F)(F)F)cc(Nc2cccc([N+](=O)[O-])c2)nc1Cl. The third-order valence-electron chi connectivity index (χ3n) is 2.72. The first kappa shape index (κ1) is 16.5. The van der Waals surface area contributed by atoms with E-state index in [2.05, 4.69) is 10.3 Å². The summed E-state index contributed by atoms with van der Waals surface area (Å²) in [6, 6.07) is 7.09. The van der Waals surface area contributed by atoms with Crippen molar-refractivity contribution in [2.24, 2.45) is 0 Å². The van der Waals surface area contributed by atoms with E-state index in [9.17, 15) is 23.3 Å². The number of hydrogen-bond donors (Lipinski definition) is 1. The molecule has 0 saturated heterocycles. The number of anilines is 2. The molecule has 0 radical (unpaired) electrons. The van der Waals surface area contributed by atoms with Crippen LogP contribution in [-0.4, -0.2) is 9.91 Å². The molecule has 0 aliphatic carbocycles. The summed E-state index contributed by atoms with van der Waals surface area (Å²) < 4.78 is 38.8. The van der Waals surface area contributed by atoms with Crippen LogP contribution in [0.5, 0.6) is 0 Å². The quantitative estimate of drug-likeness (QED) is 0.510. The topological polar surface area (TPSA) is 91.8 Å². The van der Waals surface area contributed by atoms with Gasteiger partial charge >= 0.3 is 6.18 Å². The van der Waals surface area contributed by atoms with Gasteiger partial charge in [-0.2, -0.15) is 18.4 Å². The number of hydrogen-bond acceptors (Lipinski definition) is 5. The minimum Gasteiger partial charge on any atom is -0.340 e. The molecule has 0 spiro atoms. The van der Waals surface area contributed by atoms with Crippen LogP contribution >= 0.6 is 11.6 Å². The van der Waals surface area contributed by atoms with Crippen molar-refractivity contribution in [1.29, 1.82) is 5.26 Å². The molecular formula is C13H6ClF3N4O2. The van der Waals surface area contributed by atoms with Gasteiger partial charge in [0, 0.05) is 17.8 Å². The molecule has 1 aromatic carbocycles. The van der Waals surface area contributed by atoms with E-state index in [1.54, 1.807) is 0 Å². The second-order valence-electron chi connectivity index (χ2n) is 4.26. The van der Waals surface area contributed by atoms with Crippen LogP contribution in [0.25, 0.3) is 0 Å². The Hall–Kier alpha value is -2.86. The first-order chi connectivity index (χ1) is 10.7. The zero-order valence-electron chi connectivity index (χ0n) is 11.1. The molecule has 1 N–H and O–H groups in total. The van der Waals surface area contributed by atoms with Gasteiger partial charge in [-0.1, -0.05) is 17.7 Å². The number of nitrogens with one attached hydrogen (secondary N) is 1. The molecule has 0 aliphatic heterocycles. The molecule has 2 rings (SSSR count). The number of halogens is 4. The average molecular weight is 343 g/mol. The fraction of sp³-hybridized carbons (Fsp3) is 0.0769. The normalized spacial score (nSPS) is 10.9. The molecule has 0 saturated carbocycles. The van der Waals surface area contributed by atoms with E-state index in [0.717, 1.165) is 6.07 Å². The Morgan fingerprint density at radius 3 is 2.61 bits per heavy atom. The average Bonchev–Trinajstić information content (AvgIpc) is 2.46. The summed E-state index contributed by atoms with van der Waals surface area (Å²) in [5.74, 6) is -0.290. The molecule has 0 aliphatic rings. The lowest BCUT2D eigenvalue weighted by molar-refractivity contribution is -0.384. The van der Waals surface area contributed by atoms with Crippen LogP contribution in [-0.2, 0) is 6.18 Å². The molecule has 0 unspecified atom stereocenters. The van der Waals surface area contributed by atoms with Gasteiger partial charge in [-0.05, 0) is 12.1 Å². The summed E-state index contributed by atoms with van der Waals surface area (Å²) in [5, 5.41) is 21.3. The van der Waals surface area contributed by atoms with Gasteiger partial charge in [0.25, 0.3) is 5.69 Å². The van der Waals surface area contributed by atoms with Gasteiger partial charge in [0.1, 0.15) is 22.6 Å². The van der Waals surface area contributed by atoms with Gasteiger partial charge in [-0.3, -0.25) is 10.1 Å². The van der Waals surface area contributed by atoms with Crippen LogP contribution in [0.2, 0.25) is 5.15 Å². The number of rotatable bonds is 3. The van der Waals surface area contributed by atoms with E-state index in [0.29, 0.717) is 6.07 Å². The van der Waals surface area contributed by atoms with E-state index in [1.165, 1.54) is 24.3 Å². The van der Waals surface area contributed by atoms with E-state index >= 15 is 0 Å². The predicted octanol–water partition coefficient (Wildman–Crippen LogP) is 4.28. The number of non-ortho nitro benzene ring substituents is 1. The molecule has 6 nitrogen and oxygen atoms in total. The van der Waals surface area contributed by atoms with Gasteiger partial charge < -0.3 is 5.32 Å². The minimum atomic E-state index is -4.79. The van der Waals surface area contributed by atoms with Gasteiger partial charge in [0.2, 0.25) is 0 Å². The molecule has 1 heterocycles. The van der Waals surface area contributed by atoms with Gasteiger partial charge in [0.05, 0.1) is 10.5 Å². The summed E-state index contributed by atoms with van der Waals surface area (Å²) in [4.78, 5) is 13.7. The minimum absolute atomic E-state index is 0.153. The Kier molecular flexibility index (Phi) is 4.38. The van der Waals surface area contributed by atoms with Crippen LogP contribution < -0.4 is 5.32 Å². The van der Waals surface area contributed by atoms with Gasteiger partial charge in [0.15, 0.2) is 0 Å². The fourth-order valence-electron chi connectivity index (χ4n) is 1.75. The fourth-order valence-corrected chi connectivity index (χ4v) is 1.99. The van der Waals surface area contributed by atoms with Gasteiger partial charge in [-0.25, -0.2) is 4.98 Å². The zero-order valence-corrected chi connectivity index (χ0v) is 11.8. The van der Waals surface area contributed by atoms with Crippen LogP contribution in [0.4, 0.5) is 30.4 Å². The van der Waals surface area contributed by atoms with Crippen molar-refractivity contribution in [1.82, 2.24) is 4.98 Å². The Balaban J connectivity index is 2.46. The smallest absolute Gasteiger partial charge is 0.340 e. The highest BCUT2D eigenvalue weighted by Crippen LogP contribution is 2.36. The Bertz CT molecular complexity index is 818. The first-order valence-corrected chi connectivity index (χ1v) is 6.29. The standard InChI is InChI=1S/C13H6ClF3N4O2/c14-12-9(6-18)10(13(15,16)17)5-11(20-12)19-7-2-1-3-8(4-7)21(22)23/h1-5H,(H,19,20). The molecule has 0 bridgehead atoms. The summed E-state index contributed by atoms with van der Waals surface area (Å²) >= 11 is 5.61. The summed E-state index contributed by atoms with van der Waals surface area (Å²) in [5.41, 5.74) is -2.12. The van der Waals surface area contributed by atoms with E-state index in [4.69, 9.17) is 16.9 Å². The van der Waals surface area contributed by atoms with Crippen LogP contribution in [0.1, 0.15) is 11.1 Å². The number of pyridine rings is 1. The van der Waals surface area contributed by atoms with Crippen LogP contribution in [0.3, 0.4) is 0 Å². The number of nitrogens with zero attached hydrogens (tertiary/aromatic N) is 3. The van der Waals surface area contributed by atoms with E-state index < -0.39 is 27.4 Å². The van der Waals surface area contributed by atoms with Crippen molar-refractivity contribution in [3.63, 3.8) is 0 Å². The Morgan fingerprint density at radius 2 is 2.04 bits per heavy atom. The van der Waals surface area contributed by atoms with E-state index in [-0.39, 0.29) is 17.2 Å². The molecule has 23 heavy (non-hydrogen) atoms. The maximum absolute atomic E-state index is 12.9. The van der Waals surface area contributed by atoms with Crippen molar-refractivity contribution in [2.45, 2.75) is 6.18 Å². The molecule has 2 aromatic rings. The Labute approximate surface area is 132 Å². The van der Waals surface area contributed by atoms with Gasteiger partial charge in [-0.15, -0.1) is 0 Å². The third kappa shape index (κ3) is 3.67. The number of nitro benzene ring substituents is 1. The van der Waals surface area contributed by atoms with Crippen LogP contribution in [0.15, 0.2) is 30.3 Å². The lowest BCUT2D eigenvalue weighted by Crippen LogP contribution is -2.10. The number of alkyl halides is 3. The summed E-state index contributed by atoms with van der Waals surface area (Å²) in [6.45, 7) is 0. The molecule has 1 aromatic heterocycles. The zero-order chi connectivity index (χ0) is 17.2. The third-order valence-corrected chi connectivity index (χ3v) is 3.00. The number of aromatic nitrogens is 1. The molecule has 0 atom stereocenters. The molecular weight excluding hydrogens is 337 g/mol. The monoisotopic (exact) mass is 342 g/mol. The second-order valence-corrected chi connectivity index (χ2v) is 4.62. The molecule has 10 heteroatoms. The van der Waals surface area contributed by atoms with Crippen molar-refractivity contribution >= 4 is 28.8 Å². The summed E-state index contributed by atoms with van der Waals surface area (Å²) in [6.07, 6.45) is -4.79.